The molecule has 2 heterocycles. The number of halogens is 1. The number of nitrogens with zero attached hydrogens (tertiary/aromatic N) is 3. The first-order valence-corrected chi connectivity index (χ1v) is 8.59. The van der Waals surface area contributed by atoms with Crippen molar-refractivity contribution in [3.05, 3.63) is 16.9 Å². The average Bonchev–Trinajstić information content (AvgIpc) is 3.08. The van der Waals surface area contributed by atoms with Crippen LogP contribution in [0.1, 0.15) is 58.7 Å². The predicted molar refractivity (Wildman–Crippen MR) is 88.8 cm³/mol. The summed E-state index contributed by atoms with van der Waals surface area (Å²) in [5.41, 5.74) is 1.17. The van der Waals surface area contributed by atoms with E-state index in [1.54, 1.807) is 6.20 Å². The lowest BCUT2D eigenvalue weighted by Gasteiger charge is -2.42. The van der Waals surface area contributed by atoms with Crippen LogP contribution in [0.2, 0.25) is 5.02 Å². The Morgan fingerprint density at radius 1 is 1.33 bits per heavy atom. The van der Waals surface area contributed by atoms with Crippen LogP contribution in [0.5, 0.6) is 0 Å². The zero-order valence-corrected chi connectivity index (χ0v) is 14.6. The SMILES string of the molecule is CCCn1ncc(Cl)c1C(NCC)C(C)(C)N1CCCC1. The van der Waals surface area contributed by atoms with Gasteiger partial charge in [-0.1, -0.05) is 25.4 Å². The molecule has 1 aromatic heterocycles. The van der Waals surface area contributed by atoms with Crippen molar-refractivity contribution in [2.45, 2.75) is 65.1 Å². The molecule has 120 valence electrons. The van der Waals surface area contributed by atoms with Gasteiger partial charge in [-0.3, -0.25) is 9.58 Å². The molecule has 1 aliphatic heterocycles. The Hall–Kier alpha value is -0.580. The molecule has 5 heteroatoms. The van der Waals surface area contributed by atoms with Crippen LogP contribution in [0.3, 0.4) is 0 Å². The van der Waals surface area contributed by atoms with Gasteiger partial charge in [0.05, 0.1) is 23.0 Å². The highest BCUT2D eigenvalue weighted by Gasteiger charge is 2.39. The Labute approximate surface area is 133 Å². The molecule has 1 aliphatic rings. The van der Waals surface area contributed by atoms with Gasteiger partial charge in [0, 0.05) is 12.1 Å². The Balaban J connectivity index is 2.35. The topological polar surface area (TPSA) is 33.1 Å². The van der Waals surface area contributed by atoms with E-state index < -0.39 is 0 Å². The number of likely N-dealkylation sites (N-methyl/N-ethyl adjacent to an activating group) is 1. The van der Waals surface area contributed by atoms with Gasteiger partial charge in [0.2, 0.25) is 0 Å². The van der Waals surface area contributed by atoms with E-state index in [0.717, 1.165) is 30.2 Å². The molecular formula is C16H29ClN4. The monoisotopic (exact) mass is 312 g/mol. The first kappa shape index (κ1) is 16.8. The molecule has 0 radical (unpaired) electrons. The molecule has 0 amide bonds. The maximum absolute atomic E-state index is 6.48. The van der Waals surface area contributed by atoms with Gasteiger partial charge in [-0.05, 0) is 52.7 Å². The molecule has 0 spiro atoms. The fourth-order valence-corrected chi connectivity index (χ4v) is 3.66. The van der Waals surface area contributed by atoms with Crippen LogP contribution in [-0.2, 0) is 6.54 Å². The molecule has 1 N–H and O–H groups in total. The summed E-state index contributed by atoms with van der Waals surface area (Å²) in [6.07, 6.45) is 5.44. The summed E-state index contributed by atoms with van der Waals surface area (Å²) >= 11 is 6.48. The molecule has 21 heavy (non-hydrogen) atoms. The van der Waals surface area contributed by atoms with Gasteiger partial charge in [0.1, 0.15) is 0 Å². The van der Waals surface area contributed by atoms with E-state index in [9.17, 15) is 0 Å². The standard InChI is InChI=1S/C16H29ClN4/c1-5-9-21-14(13(17)12-19-21)15(18-6-2)16(3,4)20-10-7-8-11-20/h12,15,18H,5-11H2,1-4H3. The molecule has 0 saturated carbocycles. The second-order valence-electron chi connectivity index (χ2n) is 6.44. The predicted octanol–water partition coefficient (Wildman–Crippen LogP) is 3.47. The third-order valence-electron chi connectivity index (χ3n) is 4.58. The Kier molecular flexibility index (Phi) is 5.69. The van der Waals surface area contributed by atoms with Gasteiger partial charge in [0.15, 0.2) is 0 Å². The van der Waals surface area contributed by atoms with Crippen molar-refractivity contribution in [3.63, 3.8) is 0 Å². The number of hydrogen-bond donors (Lipinski definition) is 1. The van der Waals surface area contributed by atoms with E-state index in [2.05, 4.69) is 47.7 Å². The maximum atomic E-state index is 6.48. The van der Waals surface area contributed by atoms with Crippen LogP contribution in [0.4, 0.5) is 0 Å². The van der Waals surface area contributed by atoms with Crippen LogP contribution in [0.15, 0.2) is 6.20 Å². The van der Waals surface area contributed by atoms with Gasteiger partial charge >= 0.3 is 0 Å². The van der Waals surface area contributed by atoms with Crippen molar-refractivity contribution in [3.8, 4) is 0 Å². The molecule has 2 rings (SSSR count). The second kappa shape index (κ2) is 7.12. The van der Waals surface area contributed by atoms with Gasteiger partial charge in [-0.2, -0.15) is 5.10 Å². The van der Waals surface area contributed by atoms with E-state index in [1.807, 2.05) is 0 Å². The van der Waals surface area contributed by atoms with Crippen molar-refractivity contribution in [2.24, 2.45) is 0 Å². The van der Waals surface area contributed by atoms with E-state index in [1.165, 1.54) is 25.9 Å². The van der Waals surface area contributed by atoms with Gasteiger partial charge < -0.3 is 5.32 Å². The normalized spacial score (nSPS) is 18.3. The number of likely N-dealkylation sites (tertiary alicyclic amines) is 1. The lowest BCUT2D eigenvalue weighted by atomic mass is 9.89. The highest BCUT2D eigenvalue weighted by Crippen LogP contribution is 2.36. The third-order valence-corrected chi connectivity index (χ3v) is 4.87. The zero-order valence-electron chi connectivity index (χ0n) is 13.8. The molecule has 0 aromatic carbocycles. The first-order chi connectivity index (χ1) is 10.0. The lowest BCUT2D eigenvalue weighted by Crippen LogP contribution is -2.52. The number of rotatable bonds is 7. The largest absolute Gasteiger partial charge is 0.307 e. The third kappa shape index (κ3) is 3.43. The number of aromatic nitrogens is 2. The van der Waals surface area contributed by atoms with E-state index in [4.69, 9.17) is 11.6 Å². The van der Waals surface area contributed by atoms with Crippen LogP contribution in [0, 0.1) is 0 Å². The molecule has 1 unspecified atom stereocenters. The van der Waals surface area contributed by atoms with Crippen LogP contribution < -0.4 is 5.32 Å². The zero-order chi connectivity index (χ0) is 15.5. The smallest absolute Gasteiger partial charge is 0.0834 e. The molecule has 1 atom stereocenters. The first-order valence-electron chi connectivity index (χ1n) is 8.22. The van der Waals surface area contributed by atoms with Crippen molar-refractivity contribution < 1.29 is 0 Å². The summed E-state index contributed by atoms with van der Waals surface area (Å²) < 4.78 is 2.08. The van der Waals surface area contributed by atoms with Gasteiger partial charge in [-0.15, -0.1) is 0 Å². The molecular weight excluding hydrogens is 284 g/mol. The summed E-state index contributed by atoms with van der Waals surface area (Å²) in [7, 11) is 0. The number of aryl methyl sites for hydroxylation is 1. The van der Waals surface area contributed by atoms with Gasteiger partial charge in [0.25, 0.3) is 0 Å². The van der Waals surface area contributed by atoms with Crippen LogP contribution in [0.25, 0.3) is 0 Å². The molecule has 1 aromatic rings. The molecule has 4 nitrogen and oxygen atoms in total. The Morgan fingerprint density at radius 3 is 2.57 bits per heavy atom. The van der Waals surface area contributed by atoms with E-state index >= 15 is 0 Å². The summed E-state index contributed by atoms with van der Waals surface area (Å²) in [5, 5.41) is 8.91. The Morgan fingerprint density at radius 2 is 2.00 bits per heavy atom. The fraction of sp³-hybridized carbons (Fsp3) is 0.812. The van der Waals surface area contributed by atoms with E-state index in [0.29, 0.717) is 0 Å². The van der Waals surface area contributed by atoms with Crippen LogP contribution in [-0.4, -0.2) is 39.9 Å². The van der Waals surface area contributed by atoms with Crippen molar-refractivity contribution >= 4 is 11.6 Å². The minimum absolute atomic E-state index is 0.0294. The highest BCUT2D eigenvalue weighted by molar-refractivity contribution is 6.31. The van der Waals surface area contributed by atoms with Crippen molar-refractivity contribution in [2.75, 3.05) is 19.6 Å². The molecule has 0 aliphatic carbocycles. The maximum Gasteiger partial charge on any atom is 0.0834 e. The average molecular weight is 313 g/mol. The summed E-state index contributed by atoms with van der Waals surface area (Å²) in [6.45, 7) is 13.2. The van der Waals surface area contributed by atoms with E-state index in [-0.39, 0.29) is 11.6 Å². The molecule has 1 fully saturated rings. The summed E-state index contributed by atoms with van der Waals surface area (Å²) in [4.78, 5) is 2.58. The van der Waals surface area contributed by atoms with Crippen molar-refractivity contribution in [1.82, 2.24) is 20.0 Å². The lowest BCUT2D eigenvalue weighted by molar-refractivity contribution is 0.103. The molecule has 1 saturated heterocycles. The number of hydrogen-bond acceptors (Lipinski definition) is 3. The fourth-order valence-electron chi connectivity index (χ4n) is 3.41. The summed E-state index contributed by atoms with van der Waals surface area (Å²) in [5.74, 6) is 0. The van der Waals surface area contributed by atoms with Gasteiger partial charge in [-0.25, -0.2) is 0 Å². The Bertz CT molecular complexity index is 449. The second-order valence-corrected chi connectivity index (χ2v) is 6.85. The molecule has 0 bridgehead atoms. The minimum atomic E-state index is 0.0294. The minimum Gasteiger partial charge on any atom is -0.307 e. The van der Waals surface area contributed by atoms with Crippen molar-refractivity contribution in [1.29, 1.82) is 0 Å². The summed E-state index contributed by atoms with van der Waals surface area (Å²) in [6, 6.07) is 0.196. The quantitative estimate of drug-likeness (QED) is 0.837. The highest BCUT2D eigenvalue weighted by atomic mass is 35.5. The number of nitrogens with one attached hydrogen (secondary N) is 1. The van der Waals surface area contributed by atoms with Crippen LogP contribution >= 0.6 is 11.6 Å².